The summed E-state index contributed by atoms with van der Waals surface area (Å²) in [6.45, 7) is 6.07. The molecule has 1 saturated heterocycles. The number of halogens is 2. The number of aliphatic hydroxyl groups is 1. The number of hydrogen-bond acceptors (Lipinski definition) is 4. The van der Waals surface area contributed by atoms with E-state index in [9.17, 15) is 9.50 Å². The fourth-order valence-electron chi connectivity index (χ4n) is 2.48. The lowest BCUT2D eigenvalue weighted by atomic mass is 10.2. The van der Waals surface area contributed by atoms with E-state index < -0.39 is 12.3 Å². The number of hydrogen-bond donors (Lipinski definition) is 1. The van der Waals surface area contributed by atoms with Crippen molar-refractivity contribution in [1.29, 1.82) is 0 Å². The third-order valence-electron chi connectivity index (χ3n) is 3.56. The highest BCUT2D eigenvalue weighted by Crippen LogP contribution is 2.35. The van der Waals surface area contributed by atoms with Gasteiger partial charge in [-0.25, -0.2) is 4.39 Å². The number of alkyl halides is 1. The third-order valence-corrected chi connectivity index (χ3v) is 3.92. The van der Waals surface area contributed by atoms with Crippen LogP contribution in [0.1, 0.15) is 25.8 Å². The van der Waals surface area contributed by atoms with Crippen molar-refractivity contribution >= 4 is 11.6 Å². The minimum Gasteiger partial charge on any atom is -0.490 e. The summed E-state index contributed by atoms with van der Waals surface area (Å²) in [5.41, 5.74) is 0.843. The van der Waals surface area contributed by atoms with Gasteiger partial charge in [0.15, 0.2) is 11.5 Å². The van der Waals surface area contributed by atoms with Crippen LogP contribution in [-0.4, -0.2) is 48.6 Å². The zero-order valence-electron chi connectivity index (χ0n) is 13.0. The molecule has 1 fully saturated rings. The van der Waals surface area contributed by atoms with Gasteiger partial charge in [-0.1, -0.05) is 18.5 Å². The predicted molar refractivity (Wildman–Crippen MR) is 84.6 cm³/mol. The molecule has 0 bridgehead atoms. The van der Waals surface area contributed by atoms with Gasteiger partial charge in [0.05, 0.1) is 19.3 Å². The van der Waals surface area contributed by atoms with Crippen LogP contribution >= 0.6 is 11.6 Å². The first-order valence-electron chi connectivity index (χ1n) is 7.67. The molecule has 0 aromatic heterocycles. The molecule has 1 aliphatic rings. The van der Waals surface area contributed by atoms with Gasteiger partial charge in [0.25, 0.3) is 0 Å². The standard InChI is InChI=1S/C16H23ClFNO3/c1-3-5-22-16-7-12(17)11(6-15(16)21-4-2)8-19-9-13(18)14(20)10-19/h6-7,13-14,20H,3-5,8-10H2,1-2H3/t13-,14-/m1/s1. The van der Waals surface area contributed by atoms with Crippen molar-refractivity contribution < 1.29 is 19.0 Å². The molecule has 1 aromatic carbocycles. The van der Waals surface area contributed by atoms with Gasteiger partial charge in [-0.15, -0.1) is 0 Å². The Morgan fingerprint density at radius 1 is 1.27 bits per heavy atom. The average molecular weight is 332 g/mol. The molecular formula is C16H23ClFNO3. The van der Waals surface area contributed by atoms with Gasteiger partial charge in [0, 0.05) is 30.7 Å². The van der Waals surface area contributed by atoms with Crippen LogP contribution in [-0.2, 0) is 6.54 Å². The molecule has 4 nitrogen and oxygen atoms in total. The average Bonchev–Trinajstić information content (AvgIpc) is 2.79. The monoisotopic (exact) mass is 331 g/mol. The molecule has 22 heavy (non-hydrogen) atoms. The van der Waals surface area contributed by atoms with Gasteiger partial charge in [-0.3, -0.25) is 4.90 Å². The van der Waals surface area contributed by atoms with E-state index in [4.69, 9.17) is 21.1 Å². The highest BCUT2D eigenvalue weighted by atomic mass is 35.5. The number of benzene rings is 1. The van der Waals surface area contributed by atoms with E-state index in [1.54, 1.807) is 6.07 Å². The molecule has 0 saturated carbocycles. The molecule has 6 heteroatoms. The lowest BCUT2D eigenvalue weighted by molar-refractivity contribution is 0.115. The van der Waals surface area contributed by atoms with Gasteiger partial charge in [-0.2, -0.15) is 0 Å². The summed E-state index contributed by atoms with van der Waals surface area (Å²) in [5, 5.41) is 10.1. The zero-order valence-corrected chi connectivity index (χ0v) is 13.8. The van der Waals surface area contributed by atoms with E-state index in [0.717, 1.165) is 12.0 Å². The summed E-state index contributed by atoms with van der Waals surface area (Å²) in [6, 6.07) is 3.59. The van der Waals surface area contributed by atoms with Crippen molar-refractivity contribution in [2.75, 3.05) is 26.3 Å². The highest BCUT2D eigenvalue weighted by Gasteiger charge is 2.31. The van der Waals surface area contributed by atoms with Crippen LogP contribution in [0.15, 0.2) is 12.1 Å². The SMILES string of the molecule is CCCOc1cc(Cl)c(CN2C[C@@H](O)[C@H](F)C2)cc1OCC. The molecule has 0 aliphatic carbocycles. The highest BCUT2D eigenvalue weighted by molar-refractivity contribution is 6.31. The molecule has 1 aliphatic heterocycles. The minimum atomic E-state index is -1.20. The second-order valence-corrected chi connectivity index (χ2v) is 5.86. The molecule has 1 N–H and O–H groups in total. The quantitative estimate of drug-likeness (QED) is 0.834. The maximum atomic E-state index is 13.4. The minimum absolute atomic E-state index is 0.218. The third kappa shape index (κ3) is 4.24. The van der Waals surface area contributed by atoms with Crippen molar-refractivity contribution in [2.45, 2.75) is 39.1 Å². The van der Waals surface area contributed by atoms with E-state index in [1.807, 2.05) is 24.8 Å². The molecular weight excluding hydrogens is 309 g/mol. The van der Waals surface area contributed by atoms with E-state index in [0.29, 0.717) is 42.8 Å². The number of aliphatic hydroxyl groups excluding tert-OH is 1. The van der Waals surface area contributed by atoms with Crippen LogP contribution in [0.4, 0.5) is 4.39 Å². The van der Waals surface area contributed by atoms with Crippen molar-refractivity contribution in [1.82, 2.24) is 4.90 Å². The summed E-state index contributed by atoms with van der Waals surface area (Å²) in [6.07, 6.45) is -1.22. The number of β-amino-alcohol motifs (C(OH)–C–C–N with tert-alkyl or cyclic N) is 1. The van der Waals surface area contributed by atoms with Crippen molar-refractivity contribution in [2.24, 2.45) is 0 Å². The van der Waals surface area contributed by atoms with E-state index in [1.165, 1.54) is 0 Å². The van der Waals surface area contributed by atoms with Crippen LogP contribution in [0, 0.1) is 0 Å². The smallest absolute Gasteiger partial charge is 0.162 e. The van der Waals surface area contributed by atoms with Crippen molar-refractivity contribution in [3.05, 3.63) is 22.7 Å². The predicted octanol–water partition coefficient (Wildman–Crippen LogP) is 3.04. The normalized spacial score (nSPS) is 22.0. The first kappa shape index (κ1) is 17.3. The molecule has 124 valence electrons. The summed E-state index contributed by atoms with van der Waals surface area (Å²) in [4.78, 5) is 1.85. The molecule has 1 aromatic rings. The van der Waals surface area contributed by atoms with Gasteiger partial charge >= 0.3 is 0 Å². The van der Waals surface area contributed by atoms with Gasteiger partial charge in [0.2, 0.25) is 0 Å². The summed E-state index contributed by atoms with van der Waals surface area (Å²) in [7, 11) is 0. The fraction of sp³-hybridized carbons (Fsp3) is 0.625. The Morgan fingerprint density at radius 2 is 2.00 bits per heavy atom. The maximum absolute atomic E-state index is 13.4. The van der Waals surface area contributed by atoms with Gasteiger partial charge in [0.1, 0.15) is 6.17 Å². The van der Waals surface area contributed by atoms with E-state index >= 15 is 0 Å². The first-order chi connectivity index (χ1) is 10.5. The van der Waals surface area contributed by atoms with Crippen LogP contribution in [0.2, 0.25) is 5.02 Å². The van der Waals surface area contributed by atoms with Crippen molar-refractivity contribution in [3.63, 3.8) is 0 Å². The maximum Gasteiger partial charge on any atom is 0.162 e. The number of ether oxygens (including phenoxy) is 2. The van der Waals surface area contributed by atoms with Crippen LogP contribution in [0.5, 0.6) is 11.5 Å². The molecule has 0 spiro atoms. The molecule has 1 heterocycles. The van der Waals surface area contributed by atoms with Gasteiger partial charge in [-0.05, 0) is 25.0 Å². The molecule has 0 unspecified atom stereocenters. The second kappa shape index (κ2) is 7.99. The zero-order chi connectivity index (χ0) is 16.1. The molecule has 2 rings (SSSR count). The van der Waals surface area contributed by atoms with Crippen LogP contribution in [0.3, 0.4) is 0 Å². The number of nitrogens with zero attached hydrogens (tertiary/aromatic N) is 1. The Hall–Kier alpha value is -1.04. The first-order valence-corrected chi connectivity index (χ1v) is 8.05. The Kier molecular flexibility index (Phi) is 6.29. The molecule has 2 atom stereocenters. The second-order valence-electron chi connectivity index (χ2n) is 5.45. The van der Waals surface area contributed by atoms with E-state index in [2.05, 4.69) is 0 Å². The summed E-state index contributed by atoms with van der Waals surface area (Å²) >= 11 is 6.31. The van der Waals surface area contributed by atoms with Crippen LogP contribution in [0.25, 0.3) is 0 Å². The van der Waals surface area contributed by atoms with Crippen molar-refractivity contribution in [3.8, 4) is 11.5 Å². The number of likely N-dealkylation sites (tertiary alicyclic amines) is 1. The largest absolute Gasteiger partial charge is 0.490 e. The number of rotatable bonds is 7. The van der Waals surface area contributed by atoms with Crippen LogP contribution < -0.4 is 9.47 Å². The van der Waals surface area contributed by atoms with E-state index in [-0.39, 0.29) is 6.54 Å². The lowest BCUT2D eigenvalue weighted by Gasteiger charge is -2.18. The fourth-order valence-corrected chi connectivity index (χ4v) is 2.70. The Bertz CT molecular complexity index is 491. The Morgan fingerprint density at radius 3 is 2.59 bits per heavy atom. The van der Waals surface area contributed by atoms with Gasteiger partial charge < -0.3 is 14.6 Å². The summed E-state index contributed by atoms with van der Waals surface area (Å²) < 4.78 is 24.7. The Labute approximate surface area is 135 Å². The molecule has 0 radical (unpaired) electrons. The topological polar surface area (TPSA) is 41.9 Å². The summed E-state index contributed by atoms with van der Waals surface area (Å²) in [5.74, 6) is 1.27. The molecule has 0 amide bonds. The lowest BCUT2D eigenvalue weighted by Crippen LogP contribution is -2.21. The Balaban J connectivity index is 2.15.